The quantitative estimate of drug-likeness (QED) is 0.552. The maximum atomic E-state index is 12.8. The van der Waals surface area contributed by atoms with E-state index < -0.39 is 22.0 Å². The number of halogens is 1. The number of fused-ring (bicyclic) bond motifs is 1. The Morgan fingerprint density at radius 1 is 1.23 bits per heavy atom. The normalized spacial score (nSPS) is 17.7. The van der Waals surface area contributed by atoms with Gasteiger partial charge in [0.15, 0.2) is 0 Å². The Morgan fingerprint density at radius 2 is 2.03 bits per heavy atom. The first-order valence-electron chi connectivity index (χ1n) is 10.0. The minimum absolute atomic E-state index is 0.0433. The van der Waals surface area contributed by atoms with Crippen molar-refractivity contribution in [3.8, 4) is 0 Å². The van der Waals surface area contributed by atoms with Gasteiger partial charge in [-0.2, -0.15) is 0 Å². The van der Waals surface area contributed by atoms with E-state index >= 15 is 0 Å². The topological polar surface area (TPSA) is 97.6 Å². The van der Waals surface area contributed by atoms with Crippen LogP contribution >= 0.6 is 11.6 Å². The molecule has 0 unspecified atom stereocenters. The Kier molecular flexibility index (Phi) is 6.34. The lowest BCUT2D eigenvalue weighted by atomic mass is 10.1. The first-order chi connectivity index (χ1) is 14.8. The zero-order valence-corrected chi connectivity index (χ0v) is 18.5. The SMILES string of the molecule is C[C@@H](NC(=O)c1ccc(Cl)c(S(=O)(=O)NC[C@@H]2CCCO2)c1)c1cc2ccccc2o1. The molecule has 1 aromatic heterocycles. The van der Waals surface area contributed by atoms with Crippen molar-refractivity contribution in [2.24, 2.45) is 0 Å². The zero-order chi connectivity index (χ0) is 22.0. The van der Waals surface area contributed by atoms with Gasteiger partial charge in [-0.25, -0.2) is 13.1 Å². The van der Waals surface area contributed by atoms with Crippen LogP contribution in [0.1, 0.15) is 41.9 Å². The third kappa shape index (κ3) is 4.93. The second-order valence-corrected chi connectivity index (χ2v) is 9.66. The molecule has 7 nitrogen and oxygen atoms in total. The molecule has 0 radical (unpaired) electrons. The number of furan rings is 1. The fourth-order valence-electron chi connectivity index (χ4n) is 3.50. The summed E-state index contributed by atoms with van der Waals surface area (Å²) in [6.07, 6.45) is 1.56. The summed E-state index contributed by atoms with van der Waals surface area (Å²) in [6, 6.07) is 13.2. The molecule has 0 bridgehead atoms. The van der Waals surface area contributed by atoms with Gasteiger partial charge in [-0.3, -0.25) is 4.79 Å². The molecule has 1 fully saturated rings. The van der Waals surface area contributed by atoms with Crippen molar-refractivity contribution in [2.45, 2.75) is 36.8 Å². The molecule has 4 rings (SSSR count). The monoisotopic (exact) mass is 462 g/mol. The van der Waals surface area contributed by atoms with E-state index in [4.69, 9.17) is 20.8 Å². The van der Waals surface area contributed by atoms with Crippen LogP contribution in [0.5, 0.6) is 0 Å². The van der Waals surface area contributed by atoms with Gasteiger partial charge in [-0.15, -0.1) is 0 Å². The van der Waals surface area contributed by atoms with Gasteiger partial charge < -0.3 is 14.5 Å². The van der Waals surface area contributed by atoms with Crippen molar-refractivity contribution in [1.29, 1.82) is 0 Å². The molecule has 1 aliphatic rings. The van der Waals surface area contributed by atoms with Gasteiger partial charge in [0.05, 0.1) is 17.2 Å². The minimum Gasteiger partial charge on any atom is -0.459 e. The molecule has 1 amide bonds. The van der Waals surface area contributed by atoms with Gasteiger partial charge in [0, 0.05) is 24.1 Å². The zero-order valence-electron chi connectivity index (χ0n) is 16.9. The van der Waals surface area contributed by atoms with Crippen molar-refractivity contribution in [1.82, 2.24) is 10.0 Å². The molecule has 1 saturated heterocycles. The van der Waals surface area contributed by atoms with Crippen molar-refractivity contribution in [3.05, 3.63) is 64.9 Å². The van der Waals surface area contributed by atoms with Crippen LogP contribution in [0.25, 0.3) is 11.0 Å². The minimum atomic E-state index is -3.89. The smallest absolute Gasteiger partial charge is 0.251 e. The van der Waals surface area contributed by atoms with Gasteiger partial charge in [-0.05, 0) is 50.1 Å². The highest BCUT2D eigenvalue weighted by Gasteiger charge is 2.24. The van der Waals surface area contributed by atoms with Crippen molar-refractivity contribution < 1.29 is 22.4 Å². The lowest BCUT2D eigenvalue weighted by molar-refractivity contribution is 0.0935. The van der Waals surface area contributed by atoms with Gasteiger partial charge in [-0.1, -0.05) is 29.8 Å². The maximum Gasteiger partial charge on any atom is 0.251 e. The third-order valence-corrected chi connectivity index (χ3v) is 7.13. The second-order valence-electron chi connectivity index (χ2n) is 7.51. The molecule has 2 aromatic carbocycles. The van der Waals surface area contributed by atoms with Crippen LogP contribution in [-0.4, -0.2) is 33.6 Å². The number of benzene rings is 2. The van der Waals surface area contributed by atoms with Crippen LogP contribution in [0, 0.1) is 0 Å². The number of sulfonamides is 1. The Balaban J connectivity index is 1.49. The lowest BCUT2D eigenvalue weighted by Gasteiger charge is -2.14. The van der Waals surface area contributed by atoms with Gasteiger partial charge in [0.1, 0.15) is 16.2 Å². The fraction of sp³-hybridized carbons (Fsp3) is 0.318. The molecular formula is C22H23ClN2O5S. The number of nitrogens with one attached hydrogen (secondary N) is 2. The predicted molar refractivity (Wildman–Crippen MR) is 118 cm³/mol. The highest BCUT2D eigenvalue weighted by Crippen LogP contribution is 2.26. The molecule has 31 heavy (non-hydrogen) atoms. The average molecular weight is 463 g/mol. The van der Waals surface area contributed by atoms with Crippen molar-refractivity contribution in [3.63, 3.8) is 0 Å². The molecular weight excluding hydrogens is 440 g/mol. The van der Waals surface area contributed by atoms with E-state index in [0.29, 0.717) is 12.4 Å². The Hall–Kier alpha value is -2.39. The Bertz CT molecular complexity index is 1170. The number of carbonyl (C=O) groups excluding carboxylic acids is 1. The number of hydrogen-bond donors (Lipinski definition) is 2. The summed E-state index contributed by atoms with van der Waals surface area (Å²) in [6.45, 7) is 2.59. The van der Waals surface area contributed by atoms with Crippen LogP contribution < -0.4 is 10.0 Å². The number of amides is 1. The molecule has 0 saturated carbocycles. The number of rotatable bonds is 7. The molecule has 2 N–H and O–H groups in total. The van der Waals surface area contributed by atoms with E-state index in [1.54, 1.807) is 6.92 Å². The number of carbonyl (C=O) groups is 1. The molecule has 0 aliphatic carbocycles. The summed E-state index contributed by atoms with van der Waals surface area (Å²) < 4.78 is 39.2. The number of para-hydroxylation sites is 1. The molecule has 1 aliphatic heterocycles. The standard InChI is InChI=1S/C22H23ClN2O5S/c1-14(20-11-15-5-2-3-7-19(15)30-20)25-22(26)16-8-9-18(23)21(12-16)31(27,28)24-13-17-6-4-10-29-17/h2-3,5,7-9,11-12,14,17,24H,4,6,10,13H2,1H3,(H,25,26)/t14-,17+/m1/s1. The van der Waals surface area contributed by atoms with E-state index in [1.807, 2.05) is 30.3 Å². The van der Waals surface area contributed by atoms with E-state index in [1.165, 1.54) is 18.2 Å². The van der Waals surface area contributed by atoms with E-state index in [0.717, 1.165) is 23.8 Å². The van der Waals surface area contributed by atoms with E-state index in [9.17, 15) is 13.2 Å². The highest BCUT2D eigenvalue weighted by atomic mass is 35.5. The molecule has 2 heterocycles. The molecule has 164 valence electrons. The third-order valence-electron chi connectivity index (χ3n) is 5.23. The highest BCUT2D eigenvalue weighted by molar-refractivity contribution is 7.89. The summed E-state index contributed by atoms with van der Waals surface area (Å²) >= 11 is 6.13. The predicted octanol–water partition coefficient (Wildman–Crippen LogP) is 4.03. The van der Waals surface area contributed by atoms with Crippen molar-refractivity contribution in [2.75, 3.05) is 13.2 Å². The van der Waals surface area contributed by atoms with Crippen LogP contribution in [0.15, 0.2) is 57.8 Å². The van der Waals surface area contributed by atoms with Crippen LogP contribution in [0.4, 0.5) is 0 Å². The summed E-state index contributed by atoms with van der Waals surface area (Å²) in [5.41, 5.74) is 0.917. The molecule has 0 spiro atoms. The van der Waals surface area contributed by atoms with E-state index in [2.05, 4.69) is 10.0 Å². The summed E-state index contributed by atoms with van der Waals surface area (Å²) in [4.78, 5) is 12.6. The maximum absolute atomic E-state index is 12.8. The number of ether oxygens (including phenoxy) is 1. The Labute approximate surface area is 185 Å². The number of hydrogen-bond acceptors (Lipinski definition) is 5. The van der Waals surface area contributed by atoms with Gasteiger partial charge >= 0.3 is 0 Å². The van der Waals surface area contributed by atoms with Crippen LogP contribution in [0.2, 0.25) is 5.02 Å². The first kappa shape index (κ1) is 21.8. The largest absolute Gasteiger partial charge is 0.459 e. The average Bonchev–Trinajstić information content (AvgIpc) is 3.42. The molecule has 3 aromatic rings. The van der Waals surface area contributed by atoms with Crippen LogP contribution in [-0.2, 0) is 14.8 Å². The van der Waals surface area contributed by atoms with Crippen molar-refractivity contribution >= 4 is 38.5 Å². The first-order valence-corrected chi connectivity index (χ1v) is 11.9. The Morgan fingerprint density at radius 3 is 2.77 bits per heavy atom. The van der Waals surface area contributed by atoms with E-state index in [-0.39, 0.29) is 28.1 Å². The fourth-order valence-corrected chi connectivity index (χ4v) is 5.09. The van der Waals surface area contributed by atoms with Gasteiger partial charge in [0.25, 0.3) is 5.91 Å². The summed E-state index contributed by atoms with van der Waals surface area (Å²) in [7, 11) is -3.89. The second kappa shape index (κ2) is 9.00. The lowest BCUT2D eigenvalue weighted by Crippen LogP contribution is -2.32. The summed E-state index contributed by atoms with van der Waals surface area (Å²) in [5.74, 6) is 0.176. The van der Waals surface area contributed by atoms with Crippen LogP contribution in [0.3, 0.4) is 0 Å². The van der Waals surface area contributed by atoms with Gasteiger partial charge in [0.2, 0.25) is 10.0 Å². The summed E-state index contributed by atoms with van der Waals surface area (Å²) in [5, 5.41) is 3.82. The molecule has 9 heteroatoms. The molecule has 2 atom stereocenters.